The van der Waals surface area contributed by atoms with Gasteiger partial charge in [0.1, 0.15) is 0 Å². The number of carbonyl (C=O) groups excluding carboxylic acids is 1. The van der Waals surface area contributed by atoms with Gasteiger partial charge in [0, 0.05) is 17.7 Å². The maximum Gasteiger partial charge on any atom is 0.248 e. The summed E-state index contributed by atoms with van der Waals surface area (Å²) < 4.78 is 24.4. The third-order valence-electron chi connectivity index (χ3n) is 6.86. The molecule has 0 N–H and O–H groups in total. The summed E-state index contributed by atoms with van der Waals surface area (Å²) in [5.74, 6) is 1.75. The fourth-order valence-electron chi connectivity index (χ4n) is 5.59. The molecule has 2 saturated heterocycles. The fraction of sp³-hybridized carbons (Fsp3) is 0.619. The number of sulfone groups is 1. The van der Waals surface area contributed by atoms with Crippen molar-refractivity contribution in [3.8, 4) is 0 Å². The van der Waals surface area contributed by atoms with Gasteiger partial charge in [0.25, 0.3) is 0 Å². The Balaban J connectivity index is 1.35. The van der Waals surface area contributed by atoms with Crippen molar-refractivity contribution in [3.05, 3.63) is 35.9 Å². The molecule has 1 amide bonds. The van der Waals surface area contributed by atoms with Gasteiger partial charge >= 0.3 is 0 Å². The Labute approximate surface area is 170 Å². The number of fused-ring (bicyclic) bond motifs is 3. The lowest BCUT2D eigenvalue weighted by molar-refractivity contribution is -0.117. The van der Waals surface area contributed by atoms with Crippen molar-refractivity contribution in [2.75, 3.05) is 11.5 Å². The second-order valence-corrected chi connectivity index (χ2v) is 12.1. The molecule has 150 valence electrons. The standard InChI is InChI=1S/C21H26N2O3S2/c24-20(9-7-14-4-2-1-3-5-14)22-21-23(17-11-15-6-8-16(17)10-15)18-12-28(25,26)13-19(18)27-21/h1-5,15-19H,6-13H2/t15-,16-,17-,18-,19-/m1/s1. The topological polar surface area (TPSA) is 66.8 Å². The normalized spacial score (nSPS) is 36.9. The summed E-state index contributed by atoms with van der Waals surface area (Å²) in [7, 11) is -2.98. The SMILES string of the molecule is O=C(CCc1ccccc1)N=C1S[C@@H]2CS(=O)(=O)C[C@H]2N1[C@@H]1C[C@@H]2CC[C@@H]1C2. The first-order valence-electron chi connectivity index (χ1n) is 10.3. The molecule has 0 aromatic heterocycles. The Kier molecular flexibility index (Phi) is 4.78. The van der Waals surface area contributed by atoms with E-state index in [0.29, 0.717) is 24.8 Å². The number of carbonyl (C=O) groups is 1. The second kappa shape index (κ2) is 7.17. The van der Waals surface area contributed by atoms with Gasteiger partial charge < -0.3 is 4.90 Å². The summed E-state index contributed by atoms with van der Waals surface area (Å²) in [5, 5.41) is 0.824. The highest BCUT2D eigenvalue weighted by Gasteiger charge is 2.54. The van der Waals surface area contributed by atoms with Crippen LogP contribution in [-0.2, 0) is 21.1 Å². The fourth-order valence-corrected chi connectivity index (χ4v) is 9.58. The molecule has 2 aliphatic carbocycles. The van der Waals surface area contributed by atoms with Crippen molar-refractivity contribution in [2.45, 2.75) is 55.9 Å². The van der Waals surface area contributed by atoms with E-state index in [1.807, 2.05) is 30.3 Å². The van der Waals surface area contributed by atoms with Crippen LogP contribution < -0.4 is 0 Å². The third kappa shape index (κ3) is 3.52. The molecule has 2 heterocycles. The summed E-state index contributed by atoms with van der Waals surface area (Å²) in [6, 6.07) is 10.4. The van der Waals surface area contributed by atoms with Crippen molar-refractivity contribution in [1.82, 2.24) is 4.90 Å². The van der Waals surface area contributed by atoms with Crippen LogP contribution in [0.3, 0.4) is 0 Å². The molecule has 1 aromatic carbocycles. The number of amides is 1. The molecule has 28 heavy (non-hydrogen) atoms. The predicted molar refractivity (Wildman–Crippen MR) is 112 cm³/mol. The van der Waals surface area contributed by atoms with Crippen LogP contribution in [0.4, 0.5) is 0 Å². The molecule has 2 bridgehead atoms. The number of rotatable bonds is 4. The Morgan fingerprint density at radius 3 is 2.64 bits per heavy atom. The van der Waals surface area contributed by atoms with Crippen molar-refractivity contribution in [3.63, 3.8) is 0 Å². The molecule has 2 saturated carbocycles. The summed E-state index contributed by atoms with van der Waals surface area (Å²) in [5.41, 5.74) is 1.14. The Hall–Kier alpha value is -1.34. The number of hydrogen-bond acceptors (Lipinski definition) is 4. The van der Waals surface area contributed by atoms with Gasteiger partial charge in [-0.3, -0.25) is 4.79 Å². The third-order valence-corrected chi connectivity index (χ3v) is 10.1. The predicted octanol–water partition coefficient (Wildman–Crippen LogP) is 2.90. The van der Waals surface area contributed by atoms with Crippen molar-refractivity contribution >= 4 is 32.7 Å². The number of hydrogen-bond donors (Lipinski definition) is 0. The summed E-state index contributed by atoms with van der Waals surface area (Å²) in [6.07, 6.45) is 6.01. The molecule has 1 aromatic rings. The number of aliphatic imine (C=N–C) groups is 1. The highest BCUT2D eigenvalue weighted by Crippen LogP contribution is 2.51. The van der Waals surface area contributed by atoms with E-state index in [0.717, 1.165) is 23.1 Å². The van der Waals surface area contributed by atoms with Crippen LogP contribution in [0.15, 0.2) is 35.3 Å². The van der Waals surface area contributed by atoms with Crippen molar-refractivity contribution in [2.24, 2.45) is 16.8 Å². The van der Waals surface area contributed by atoms with E-state index in [2.05, 4.69) is 9.89 Å². The highest BCUT2D eigenvalue weighted by atomic mass is 32.2. The van der Waals surface area contributed by atoms with E-state index >= 15 is 0 Å². The van der Waals surface area contributed by atoms with Crippen LogP contribution in [0.1, 0.15) is 37.7 Å². The van der Waals surface area contributed by atoms with Gasteiger partial charge in [0.05, 0.1) is 17.5 Å². The molecule has 0 spiro atoms. The Bertz CT molecular complexity index is 899. The molecule has 5 atom stereocenters. The van der Waals surface area contributed by atoms with Crippen molar-refractivity contribution in [1.29, 1.82) is 0 Å². The number of amidine groups is 1. The molecule has 5 nitrogen and oxygen atoms in total. The first-order valence-corrected chi connectivity index (χ1v) is 13.0. The lowest BCUT2D eigenvalue weighted by Crippen LogP contribution is -2.47. The summed E-state index contributed by atoms with van der Waals surface area (Å²) in [4.78, 5) is 19.4. The largest absolute Gasteiger partial charge is 0.343 e. The molecule has 4 aliphatic rings. The minimum Gasteiger partial charge on any atom is -0.343 e. The molecule has 7 heteroatoms. The van der Waals surface area contributed by atoms with Gasteiger partial charge in [-0.1, -0.05) is 48.5 Å². The maximum absolute atomic E-state index is 12.6. The number of thioether (sulfide) groups is 1. The lowest BCUT2D eigenvalue weighted by Gasteiger charge is -2.36. The van der Waals surface area contributed by atoms with E-state index in [9.17, 15) is 13.2 Å². The quantitative estimate of drug-likeness (QED) is 0.752. The van der Waals surface area contributed by atoms with Crippen LogP contribution in [0.25, 0.3) is 0 Å². The maximum atomic E-state index is 12.6. The number of nitrogens with zero attached hydrogens (tertiary/aromatic N) is 2. The lowest BCUT2D eigenvalue weighted by atomic mass is 9.93. The van der Waals surface area contributed by atoms with E-state index < -0.39 is 9.84 Å². The van der Waals surface area contributed by atoms with Crippen LogP contribution >= 0.6 is 11.8 Å². The monoisotopic (exact) mass is 418 g/mol. The van der Waals surface area contributed by atoms with Crippen LogP contribution in [0, 0.1) is 11.8 Å². The van der Waals surface area contributed by atoms with Crippen LogP contribution in [-0.4, -0.2) is 53.2 Å². The van der Waals surface area contributed by atoms with Gasteiger partial charge in [0.2, 0.25) is 5.91 Å². The Morgan fingerprint density at radius 2 is 1.93 bits per heavy atom. The van der Waals surface area contributed by atoms with Gasteiger partial charge in [-0.2, -0.15) is 4.99 Å². The molecule has 4 fully saturated rings. The zero-order valence-corrected chi connectivity index (χ0v) is 17.5. The highest BCUT2D eigenvalue weighted by molar-refractivity contribution is 8.15. The molecule has 0 unspecified atom stereocenters. The second-order valence-electron chi connectivity index (χ2n) is 8.72. The van der Waals surface area contributed by atoms with Crippen molar-refractivity contribution < 1.29 is 13.2 Å². The Morgan fingerprint density at radius 1 is 1.11 bits per heavy atom. The minimum atomic E-state index is -2.98. The van der Waals surface area contributed by atoms with Gasteiger partial charge in [-0.05, 0) is 43.1 Å². The van der Waals surface area contributed by atoms with E-state index in [1.54, 1.807) is 0 Å². The van der Waals surface area contributed by atoms with Gasteiger partial charge in [0.15, 0.2) is 15.0 Å². The van der Waals surface area contributed by atoms with Crippen LogP contribution in [0.5, 0.6) is 0 Å². The van der Waals surface area contributed by atoms with E-state index in [4.69, 9.17) is 0 Å². The van der Waals surface area contributed by atoms with Gasteiger partial charge in [-0.15, -0.1) is 0 Å². The van der Waals surface area contributed by atoms with Gasteiger partial charge in [-0.25, -0.2) is 8.42 Å². The zero-order valence-electron chi connectivity index (χ0n) is 15.9. The number of aryl methyl sites for hydroxylation is 1. The summed E-state index contributed by atoms with van der Waals surface area (Å²) >= 11 is 1.53. The smallest absolute Gasteiger partial charge is 0.248 e. The molecule has 5 rings (SSSR count). The van der Waals surface area contributed by atoms with E-state index in [1.165, 1.54) is 31.0 Å². The van der Waals surface area contributed by atoms with Crippen LogP contribution in [0.2, 0.25) is 0 Å². The molecule has 0 radical (unpaired) electrons. The van der Waals surface area contributed by atoms with E-state index in [-0.39, 0.29) is 28.7 Å². The molecular formula is C21H26N2O3S2. The first kappa shape index (κ1) is 18.7. The molecule has 2 aliphatic heterocycles. The number of benzene rings is 1. The zero-order chi connectivity index (χ0) is 19.3. The average molecular weight is 419 g/mol. The minimum absolute atomic E-state index is 0.0000216. The average Bonchev–Trinajstić information content (AvgIpc) is 3.40. The molecular weight excluding hydrogens is 392 g/mol. The summed E-state index contributed by atoms with van der Waals surface area (Å²) in [6.45, 7) is 0. The first-order chi connectivity index (χ1) is 13.5.